The van der Waals surface area contributed by atoms with Crippen molar-refractivity contribution in [2.75, 3.05) is 6.61 Å². The molecule has 13 heteroatoms. The number of ketones is 1. The third kappa shape index (κ3) is 9.91. The number of amides is 4. The van der Waals surface area contributed by atoms with Crippen molar-refractivity contribution in [1.29, 1.82) is 0 Å². The lowest BCUT2D eigenvalue weighted by atomic mass is 9.92. The van der Waals surface area contributed by atoms with Crippen molar-refractivity contribution in [3.05, 3.63) is 89.3 Å². The van der Waals surface area contributed by atoms with Crippen molar-refractivity contribution in [2.24, 2.45) is 5.92 Å². The monoisotopic (exact) mass is 715 g/mol. The van der Waals surface area contributed by atoms with E-state index in [9.17, 15) is 29.1 Å². The smallest absolute Gasteiger partial charge is 0.246 e. The molecule has 278 valence electrons. The number of Topliss-reactive ketones (excluding diaryl/α,β-unsaturated/α-hetero) is 1. The number of hydrogen-bond acceptors (Lipinski definition) is 9. The van der Waals surface area contributed by atoms with Gasteiger partial charge in [0.25, 0.3) is 0 Å². The van der Waals surface area contributed by atoms with Crippen molar-refractivity contribution in [3.63, 3.8) is 0 Å². The van der Waals surface area contributed by atoms with Crippen molar-refractivity contribution >= 4 is 29.4 Å². The van der Waals surface area contributed by atoms with E-state index in [4.69, 9.17) is 9.26 Å². The molecule has 1 aromatic heterocycles. The number of hydrogen-bond donors (Lipinski definition) is 4. The predicted molar refractivity (Wildman–Crippen MR) is 190 cm³/mol. The highest BCUT2D eigenvalue weighted by Crippen LogP contribution is 2.30. The number of carbonyl (C=O) groups excluding carboxylic acids is 5. The van der Waals surface area contributed by atoms with E-state index in [2.05, 4.69) is 21.1 Å². The topological polar surface area (TPSA) is 183 Å². The van der Waals surface area contributed by atoms with Crippen LogP contribution >= 0.6 is 0 Å². The van der Waals surface area contributed by atoms with Crippen molar-refractivity contribution in [1.82, 2.24) is 26.0 Å². The number of ether oxygens (including phenoxy) is 1. The van der Waals surface area contributed by atoms with E-state index in [1.54, 1.807) is 6.92 Å². The lowest BCUT2D eigenvalue weighted by Crippen LogP contribution is -2.57. The molecule has 0 aliphatic carbocycles. The molecule has 2 saturated heterocycles. The van der Waals surface area contributed by atoms with Crippen LogP contribution in [0.2, 0.25) is 0 Å². The minimum absolute atomic E-state index is 0.111. The number of aliphatic hydroxyl groups excluding tert-OH is 1. The average Bonchev–Trinajstić information content (AvgIpc) is 3.61. The zero-order chi connectivity index (χ0) is 37.4. The number of benzene rings is 2. The molecule has 2 fully saturated rings. The van der Waals surface area contributed by atoms with Crippen LogP contribution < -0.4 is 16.0 Å². The highest BCUT2D eigenvalue weighted by Gasteiger charge is 2.51. The fourth-order valence-electron chi connectivity index (χ4n) is 6.70. The standard InChI is InChI=1S/C39H49N5O8/c1-24(2)17-31(35(47)39(4)23-51-39)41-37(49)33(19-27-13-9-6-10-14-27)44-25(3)18-32(38(44)50)42-36(48)30(16-15-26-11-7-5-8-12-26)40-34(46)21-28-20-29(22-45)52-43-28/h5-14,20,24-25,30-33,45H,15-19,21-23H2,1-4H3,(H,40,46)(H,41,49)(H,42,48)/t25?,30-,31-,32-,33-,39+/m0/s1. The molecule has 2 aromatic carbocycles. The van der Waals surface area contributed by atoms with Gasteiger partial charge in [-0.2, -0.15) is 0 Å². The first-order chi connectivity index (χ1) is 24.9. The number of aliphatic hydroxyl groups is 1. The van der Waals surface area contributed by atoms with Crippen molar-refractivity contribution < 1.29 is 38.3 Å². The van der Waals surface area contributed by atoms with Crippen LogP contribution in [0.3, 0.4) is 0 Å². The van der Waals surface area contributed by atoms with E-state index in [1.165, 1.54) is 11.0 Å². The molecule has 13 nitrogen and oxygen atoms in total. The number of epoxide rings is 1. The average molecular weight is 716 g/mol. The Kier molecular flexibility index (Phi) is 12.6. The Morgan fingerprint density at radius 1 is 0.981 bits per heavy atom. The van der Waals surface area contributed by atoms with Gasteiger partial charge in [0.15, 0.2) is 11.5 Å². The van der Waals surface area contributed by atoms with Crippen molar-refractivity contribution in [2.45, 2.75) is 109 Å². The van der Waals surface area contributed by atoms with Gasteiger partial charge < -0.3 is 35.2 Å². The second-order valence-corrected chi connectivity index (χ2v) is 14.4. The second kappa shape index (κ2) is 17.1. The fourth-order valence-corrected chi connectivity index (χ4v) is 6.70. The number of likely N-dealkylation sites (tertiary alicyclic amines) is 1. The molecule has 52 heavy (non-hydrogen) atoms. The van der Waals surface area contributed by atoms with Gasteiger partial charge in [-0.25, -0.2) is 0 Å². The number of aryl methyl sites for hydroxylation is 1. The Hall–Kier alpha value is -4.88. The normalized spacial score (nSPS) is 21.3. The maximum atomic E-state index is 14.2. The van der Waals surface area contributed by atoms with Crippen LogP contribution in [0.4, 0.5) is 0 Å². The first-order valence-electron chi connectivity index (χ1n) is 17.9. The zero-order valence-corrected chi connectivity index (χ0v) is 30.2. The minimum Gasteiger partial charge on any atom is -0.388 e. The van der Waals surface area contributed by atoms with Crippen LogP contribution in [0.5, 0.6) is 0 Å². The molecular weight excluding hydrogens is 666 g/mol. The molecule has 3 heterocycles. The molecule has 0 saturated carbocycles. The summed E-state index contributed by atoms with van der Waals surface area (Å²) in [6, 6.07) is 16.2. The zero-order valence-electron chi connectivity index (χ0n) is 30.2. The van der Waals surface area contributed by atoms with Crippen LogP contribution in [-0.2, 0) is 54.6 Å². The van der Waals surface area contributed by atoms with E-state index in [0.717, 1.165) is 11.1 Å². The number of nitrogens with one attached hydrogen (secondary N) is 3. The minimum atomic E-state index is -0.980. The Balaban J connectivity index is 1.32. The molecule has 2 aliphatic rings. The molecule has 5 rings (SSSR count). The van der Waals surface area contributed by atoms with Crippen LogP contribution in [0, 0.1) is 5.92 Å². The summed E-state index contributed by atoms with van der Waals surface area (Å²) in [6.07, 6.45) is 1.43. The summed E-state index contributed by atoms with van der Waals surface area (Å²) in [7, 11) is 0. The highest BCUT2D eigenvalue weighted by atomic mass is 16.6. The summed E-state index contributed by atoms with van der Waals surface area (Å²) in [6.45, 7) is 7.43. The summed E-state index contributed by atoms with van der Waals surface area (Å²) in [4.78, 5) is 70.1. The summed E-state index contributed by atoms with van der Waals surface area (Å²) < 4.78 is 10.4. The van der Waals surface area contributed by atoms with E-state index < -0.39 is 59.4 Å². The molecule has 4 amide bonds. The first-order valence-corrected chi connectivity index (χ1v) is 17.9. The Morgan fingerprint density at radius 3 is 2.23 bits per heavy atom. The van der Waals surface area contributed by atoms with Crippen LogP contribution in [0.15, 0.2) is 71.3 Å². The lowest BCUT2D eigenvalue weighted by molar-refractivity contribution is -0.142. The second-order valence-electron chi connectivity index (χ2n) is 14.4. The van der Waals surface area contributed by atoms with E-state index >= 15 is 0 Å². The Morgan fingerprint density at radius 2 is 1.63 bits per heavy atom. The number of rotatable bonds is 18. The summed E-state index contributed by atoms with van der Waals surface area (Å²) in [5, 5.41) is 21.7. The van der Waals surface area contributed by atoms with Gasteiger partial charge in [-0.15, -0.1) is 0 Å². The molecule has 4 N–H and O–H groups in total. The molecular formula is C39H49N5O8. The largest absolute Gasteiger partial charge is 0.388 e. The van der Waals surface area contributed by atoms with Crippen LogP contribution in [-0.4, -0.2) is 87.0 Å². The molecule has 0 spiro atoms. The summed E-state index contributed by atoms with van der Waals surface area (Å²) in [5.41, 5.74) is 1.18. The van der Waals surface area contributed by atoms with E-state index in [-0.39, 0.29) is 49.8 Å². The van der Waals surface area contributed by atoms with E-state index in [1.807, 2.05) is 81.4 Å². The van der Waals surface area contributed by atoms with E-state index in [0.29, 0.717) is 25.1 Å². The van der Waals surface area contributed by atoms with Gasteiger partial charge in [0.1, 0.15) is 30.3 Å². The fraction of sp³-hybridized carbons (Fsp3) is 0.487. The Labute approximate surface area is 303 Å². The SMILES string of the molecule is CC(C)C[C@H](NC(=O)[C@H](Cc1ccccc1)N1C(=O)[C@@H](NC(=O)[C@H](CCc2ccccc2)NC(=O)Cc2cc(CO)on2)CC1C)C(=O)[C@@]1(C)CO1. The summed E-state index contributed by atoms with van der Waals surface area (Å²) in [5.74, 6) is -1.75. The van der Waals surface area contributed by atoms with Gasteiger partial charge in [0, 0.05) is 18.5 Å². The van der Waals surface area contributed by atoms with Crippen LogP contribution in [0.1, 0.15) is 69.5 Å². The maximum absolute atomic E-state index is 14.2. The van der Waals surface area contributed by atoms with Gasteiger partial charge >= 0.3 is 0 Å². The molecule has 1 unspecified atom stereocenters. The van der Waals surface area contributed by atoms with Crippen molar-refractivity contribution in [3.8, 4) is 0 Å². The number of carbonyl (C=O) groups is 5. The van der Waals surface area contributed by atoms with Gasteiger partial charge in [-0.3, -0.25) is 24.0 Å². The number of nitrogens with zero attached hydrogens (tertiary/aromatic N) is 2. The molecule has 0 bridgehead atoms. The number of aromatic nitrogens is 1. The van der Waals surface area contributed by atoms with Gasteiger partial charge in [-0.05, 0) is 56.6 Å². The quantitative estimate of drug-likeness (QED) is 0.144. The first kappa shape index (κ1) is 38.4. The Bertz CT molecular complexity index is 1710. The third-order valence-electron chi connectivity index (χ3n) is 9.59. The van der Waals surface area contributed by atoms with Gasteiger partial charge in [0.05, 0.1) is 24.8 Å². The summed E-state index contributed by atoms with van der Waals surface area (Å²) >= 11 is 0. The highest BCUT2D eigenvalue weighted by molar-refractivity contribution is 5.99. The molecule has 2 aliphatic heterocycles. The molecule has 6 atom stereocenters. The maximum Gasteiger partial charge on any atom is 0.246 e. The third-order valence-corrected chi connectivity index (χ3v) is 9.59. The predicted octanol–water partition coefficient (Wildman–Crippen LogP) is 2.43. The molecule has 3 aromatic rings. The van der Waals surface area contributed by atoms with Gasteiger partial charge in [-0.1, -0.05) is 79.7 Å². The lowest BCUT2D eigenvalue weighted by Gasteiger charge is -2.33. The van der Waals surface area contributed by atoms with Crippen LogP contribution in [0.25, 0.3) is 0 Å². The van der Waals surface area contributed by atoms with Gasteiger partial charge in [0.2, 0.25) is 23.6 Å². The molecule has 0 radical (unpaired) electrons.